The molecule has 0 saturated heterocycles. The molecule has 0 atom stereocenters. The molecule has 6 heteroatoms. The van der Waals surface area contributed by atoms with Gasteiger partial charge >= 0.3 is 0 Å². The van der Waals surface area contributed by atoms with E-state index in [2.05, 4.69) is 27.7 Å². The highest BCUT2D eigenvalue weighted by Gasteiger charge is 2.24. The summed E-state index contributed by atoms with van der Waals surface area (Å²) in [7, 11) is 0. The normalized spacial score (nSPS) is 11.0. The van der Waals surface area contributed by atoms with Gasteiger partial charge in [0.25, 0.3) is 5.91 Å². The standard InChI is InChI=1S/C29H42N2O4/c1-8-33-28(30)24-12-14-25(15-13-24)34-16-10-9-11-17-35-26-18-22(6)27(23(7)19-26)29(32)31(20(2)3)21(4)5/h12-15,18-21,30H,8-11,16-17H2,1-7H3. The van der Waals surface area contributed by atoms with E-state index in [4.69, 9.17) is 19.6 Å². The fourth-order valence-corrected chi connectivity index (χ4v) is 4.23. The topological polar surface area (TPSA) is 71.9 Å². The van der Waals surface area contributed by atoms with Gasteiger partial charge in [0.15, 0.2) is 0 Å². The van der Waals surface area contributed by atoms with Gasteiger partial charge in [-0.05, 0) is 115 Å². The van der Waals surface area contributed by atoms with Gasteiger partial charge < -0.3 is 19.1 Å². The van der Waals surface area contributed by atoms with Gasteiger partial charge in [-0.25, -0.2) is 0 Å². The number of ether oxygens (including phenoxy) is 3. The van der Waals surface area contributed by atoms with Crippen LogP contribution in [0.1, 0.15) is 80.9 Å². The zero-order valence-electron chi connectivity index (χ0n) is 22.4. The number of amides is 1. The monoisotopic (exact) mass is 482 g/mol. The number of benzene rings is 2. The Morgan fingerprint density at radius 3 is 1.86 bits per heavy atom. The van der Waals surface area contributed by atoms with Crippen LogP contribution in [0.25, 0.3) is 0 Å². The molecule has 1 N–H and O–H groups in total. The second kappa shape index (κ2) is 13.8. The molecule has 0 radical (unpaired) electrons. The Hall–Kier alpha value is -3.02. The van der Waals surface area contributed by atoms with Crippen molar-refractivity contribution in [2.75, 3.05) is 19.8 Å². The van der Waals surface area contributed by atoms with Crippen molar-refractivity contribution < 1.29 is 19.0 Å². The minimum atomic E-state index is 0.0822. The maximum absolute atomic E-state index is 13.2. The summed E-state index contributed by atoms with van der Waals surface area (Å²) < 4.78 is 17.0. The Morgan fingerprint density at radius 2 is 1.37 bits per heavy atom. The molecule has 2 aromatic carbocycles. The molecule has 0 fully saturated rings. The van der Waals surface area contributed by atoms with Gasteiger partial charge in [-0.15, -0.1) is 0 Å². The molecule has 0 bridgehead atoms. The van der Waals surface area contributed by atoms with Crippen molar-refractivity contribution >= 4 is 11.8 Å². The second-order valence-electron chi connectivity index (χ2n) is 9.38. The zero-order chi connectivity index (χ0) is 26.0. The van der Waals surface area contributed by atoms with E-state index in [9.17, 15) is 4.79 Å². The van der Waals surface area contributed by atoms with Crippen LogP contribution in [0.3, 0.4) is 0 Å². The van der Waals surface area contributed by atoms with E-state index >= 15 is 0 Å². The fraction of sp³-hybridized carbons (Fsp3) is 0.517. The van der Waals surface area contributed by atoms with Gasteiger partial charge in [0, 0.05) is 23.2 Å². The van der Waals surface area contributed by atoms with Crippen molar-refractivity contribution in [3.63, 3.8) is 0 Å². The molecule has 0 saturated carbocycles. The van der Waals surface area contributed by atoms with Gasteiger partial charge in [-0.2, -0.15) is 0 Å². The van der Waals surface area contributed by atoms with Crippen molar-refractivity contribution in [3.05, 3.63) is 58.7 Å². The van der Waals surface area contributed by atoms with Crippen molar-refractivity contribution in [1.29, 1.82) is 5.41 Å². The minimum absolute atomic E-state index is 0.0822. The Kier molecular flexibility index (Phi) is 11.1. The highest BCUT2D eigenvalue weighted by atomic mass is 16.5. The molecule has 0 aliphatic rings. The molecule has 6 nitrogen and oxygen atoms in total. The average molecular weight is 483 g/mol. The van der Waals surface area contributed by atoms with Crippen LogP contribution in [0.2, 0.25) is 0 Å². The van der Waals surface area contributed by atoms with E-state index in [1.807, 2.05) is 62.1 Å². The number of rotatable bonds is 13. The molecule has 1 amide bonds. The zero-order valence-corrected chi connectivity index (χ0v) is 22.4. The molecule has 0 unspecified atom stereocenters. The van der Waals surface area contributed by atoms with Crippen molar-refractivity contribution in [1.82, 2.24) is 4.90 Å². The highest BCUT2D eigenvalue weighted by Crippen LogP contribution is 2.25. The first-order valence-electron chi connectivity index (χ1n) is 12.7. The molecular formula is C29H42N2O4. The van der Waals surface area contributed by atoms with Crippen molar-refractivity contribution in [3.8, 4) is 11.5 Å². The van der Waals surface area contributed by atoms with E-state index in [0.29, 0.717) is 19.8 Å². The van der Waals surface area contributed by atoms with Gasteiger partial charge in [0.1, 0.15) is 11.5 Å². The summed E-state index contributed by atoms with van der Waals surface area (Å²) in [6, 6.07) is 11.7. The number of nitrogens with zero attached hydrogens (tertiary/aromatic N) is 1. The molecule has 0 spiro atoms. The van der Waals surface area contributed by atoms with Crippen LogP contribution in [-0.2, 0) is 4.74 Å². The summed E-state index contributed by atoms with van der Waals surface area (Å²) in [4.78, 5) is 15.1. The summed E-state index contributed by atoms with van der Waals surface area (Å²) in [5.41, 5.74) is 3.43. The summed E-state index contributed by atoms with van der Waals surface area (Å²) in [5.74, 6) is 1.87. The number of hydrogen-bond acceptors (Lipinski definition) is 5. The van der Waals surface area contributed by atoms with Crippen LogP contribution in [0.15, 0.2) is 36.4 Å². The highest BCUT2D eigenvalue weighted by molar-refractivity contribution is 5.97. The van der Waals surface area contributed by atoms with Crippen molar-refractivity contribution in [2.45, 2.75) is 79.8 Å². The Bertz CT molecular complexity index is 936. The summed E-state index contributed by atoms with van der Waals surface area (Å²) >= 11 is 0. The Labute approximate surface area is 211 Å². The number of aryl methyl sites for hydroxylation is 2. The quantitative estimate of drug-likeness (QED) is 0.200. The van der Waals surface area contributed by atoms with Gasteiger partial charge in [-0.3, -0.25) is 10.2 Å². The van der Waals surface area contributed by atoms with Crippen LogP contribution >= 0.6 is 0 Å². The van der Waals surface area contributed by atoms with Crippen molar-refractivity contribution in [2.24, 2.45) is 0 Å². The van der Waals surface area contributed by atoms with Crippen LogP contribution < -0.4 is 9.47 Å². The largest absolute Gasteiger partial charge is 0.494 e. The maximum atomic E-state index is 13.2. The number of hydrogen-bond donors (Lipinski definition) is 1. The predicted molar refractivity (Wildman–Crippen MR) is 142 cm³/mol. The summed E-state index contributed by atoms with van der Waals surface area (Å²) in [6.45, 7) is 15.8. The lowest BCUT2D eigenvalue weighted by molar-refractivity contribution is 0.0642. The molecule has 2 rings (SSSR count). The SMILES string of the molecule is CCOC(=N)c1ccc(OCCCCCOc2cc(C)c(C(=O)N(C(C)C)C(C)C)c(C)c2)cc1. The number of nitrogens with one attached hydrogen (secondary N) is 1. The molecule has 2 aromatic rings. The minimum Gasteiger partial charge on any atom is -0.494 e. The molecule has 192 valence electrons. The van der Waals surface area contributed by atoms with Crippen LogP contribution in [0.4, 0.5) is 0 Å². The molecule has 0 aromatic heterocycles. The lowest BCUT2D eigenvalue weighted by Crippen LogP contribution is -2.42. The lowest BCUT2D eigenvalue weighted by Gasteiger charge is -2.32. The average Bonchev–Trinajstić information content (AvgIpc) is 2.78. The Morgan fingerprint density at radius 1 is 0.857 bits per heavy atom. The number of carbonyl (C=O) groups excluding carboxylic acids is 1. The van der Waals surface area contributed by atoms with E-state index in [1.54, 1.807) is 0 Å². The molecular weight excluding hydrogens is 440 g/mol. The molecule has 0 aliphatic carbocycles. The van der Waals surface area contributed by atoms with Gasteiger partial charge in [0.05, 0.1) is 19.8 Å². The predicted octanol–water partition coefficient (Wildman–Crippen LogP) is 6.55. The van der Waals surface area contributed by atoms with E-state index < -0.39 is 0 Å². The third-order valence-electron chi connectivity index (χ3n) is 5.80. The smallest absolute Gasteiger partial charge is 0.254 e. The summed E-state index contributed by atoms with van der Waals surface area (Å²) in [5, 5.41) is 7.80. The molecule has 0 heterocycles. The van der Waals surface area contributed by atoms with Crippen LogP contribution in [0, 0.1) is 19.3 Å². The summed E-state index contributed by atoms with van der Waals surface area (Å²) in [6.07, 6.45) is 2.87. The van der Waals surface area contributed by atoms with Gasteiger partial charge in [-0.1, -0.05) is 0 Å². The second-order valence-corrected chi connectivity index (χ2v) is 9.38. The third-order valence-corrected chi connectivity index (χ3v) is 5.80. The van der Waals surface area contributed by atoms with E-state index in [1.165, 1.54) is 0 Å². The van der Waals surface area contributed by atoms with Crippen LogP contribution in [0.5, 0.6) is 11.5 Å². The molecule has 35 heavy (non-hydrogen) atoms. The van der Waals surface area contributed by atoms with E-state index in [0.717, 1.165) is 53.0 Å². The molecule has 0 aliphatic heterocycles. The first kappa shape index (κ1) is 28.2. The third kappa shape index (κ3) is 8.30. The lowest BCUT2D eigenvalue weighted by atomic mass is 9.99. The fourth-order valence-electron chi connectivity index (χ4n) is 4.23. The number of carbonyl (C=O) groups is 1. The number of unbranched alkanes of at least 4 members (excludes halogenated alkanes) is 2. The van der Waals surface area contributed by atoms with Crippen LogP contribution in [-0.4, -0.2) is 48.6 Å². The first-order chi connectivity index (χ1) is 16.6. The first-order valence-corrected chi connectivity index (χ1v) is 12.7. The maximum Gasteiger partial charge on any atom is 0.254 e. The van der Waals surface area contributed by atoms with E-state index in [-0.39, 0.29) is 23.9 Å². The van der Waals surface area contributed by atoms with Gasteiger partial charge in [0.2, 0.25) is 5.90 Å². The Balaban J connectivity index is 1.76.